The molecule has 2 rings (SSSR count). The molecule has 0 saturated carbocycles. The van der Waals surface area contributed by atoms with Crippen LogP contribution in [0, 0.1) is 18.3 Å². The summed E-state index contributed by atoms with van der Waals surface area (Å²) in [5.41, 5.74) is 8.30. The molecule has 1 fully saturated rings. The van der Waals surface area contributed by atoms with Crippen LogP contribution in [-0.4, -0.2) is 24.2 Å². The third-order valence-corrected chi connectivity index (χ3v) is 2.65. The zero-order valence-electron chi connectivity index (χ0n) is 9.16. The van der Waals surface area contributed by atoms with Gasteiger partial charge in [0, 0.05) is 13.2 Å². The third-order valence-electron chi connectivity index (χ3n) is 2.65. The van der Waals surface area contributed by atoms with Gasteiger partial charge in [0.05, 0.1) is 23.2 Å². The number of rotatable bonds is 3. The fourth-order valence-corrected chi connectivity index (χ4v) is 1.65. The lowest BCUT2D eigenvalue weighted by atomic mass is 10.1. The number of hydrogen-bond donors (Lipinski definition) is 2. The molecule has 0 unspecified atom stereocenters. The second-order valence-electron chi connectivity index (χ2n) is 3.83. The smallest absolute Gasteiger partial charge is 0.142 e. The van der Waals surface area contributed by atoms with Crippen molar-refractivity contribution in [1.82, 2.24) is 4.98 Å². The SMILES string of the molecule is Cc1nc(C#N)cc(N)c1NC[C@@H]1CCO1. The van der Waals surface area contributed by atoms with E-state index < -0.39 is 0 Å². The van der Waals surface area contributed by atoms with Crippen molar-refractivity contribution in [1.29, 1.82) is 5.26 Å². The van der Waals surface area contributed by atoms with E-state index in [1.54, 1.807) is 6.07 Å². The fraction of sp³-hybridized carbons (Fsp3) is 0.455. The molecule has 1 aliphatic heterocycles. The fourth-order valence-electron chi connectivity index (χ4n) is 1.65. The maximum absolute atomic E-state index is 8.73. The Bertz CT molecular complexity index is 411. The lowest BCUT2D eigenvalue weighted by Gasteiger charge is -2.27. The minimum absolute atomic E-state index is 0.273. The number of anilines is 2. The van der Waals surface area contributed by atoms with E-state index in [9.17, 15) is 0 Å². The van der Waals surface area contributed by atoms with E-state index in [0.29, 0.717) is 11.4 Å². The topological polar surface area (TPSA) is 84.0 Å². The molecule has 84 valence electrons. The largest absolute Gasteiger partial charge is 0.397 e. The molecule has 16 heavy (non-hydrogen) atoms. The van der Waals surface area contributed by atoms with Crippen molar-refractivity contribution < 1.29 is 4.74 Å². The first kappa shape index (κ1) is 10.7. The van der Waals surface area contributed by atoms with Gasteiger partial charge in [0.1, 0.15) is 11.8 Å². The van der Waals surface area contributed by atoms with Gasteiger partial charge in [-0.25, -0.2) is 4.98 Å². The average molecular weight is 218 g/mol. The summed E-state index contributed by atoms with van der Waals surface area (Å²) < 4.78 is 5.30. The summed E-state index contributed by atoms with van der Waals surface area (Å²) in [5, 5.41) is 11.9. The number of hydrogen-bond acceptors (Lipinski definition) is 5. The summed E-state index contributed by atoms with van der Waals surface area (Å²) >= 11 is 0. The average Bonchev–Trinajstić information content (AvgIpc) is 2.19. The summed E-state index contributed by atoms with van der Waals surface area (Å²) in [6.07, 6.45) is 1.35. The van der Waals surface area contributed by atoms with Crippen molar-refractivity contribution >= 4 is 11.4 Å². The van der Waals surface area contributed by atoms with Gasteiger partial charge in [0.2, 0.25) is 0 Å². The minimum atomic E-state index is 0.273. The van der Waals surface area contributed by atoms with Gasteiger partial charge in [-0.1, -0.05) is 0 Å². The van der Waals surface area contributed by atoms with Gasteiger partial charge in [-0.3, -0.25) is 0 Å². The molecule has 3 N–H and O–H groups in total. The maximum Gasteiger partial charge on any atom is 0.142 e. The number of nitrogen functional groups attached to an aromatic ring is 1. The lowest BCUT2D eigenvalue weighted by Crippen LogP contribution is -2.33. The molecule has 1 aliphatic rings. The number of nitrogens with zero attached hydrogens (tertiary/aromatic N) is 2. The van der Waals surface area contributed by atoms with Crippen LogP contribution in [0.15, 0.2) is 6.07 Å². The van der Waals surface area contributed by atoms with E-state index >= 15 is 0 Å². The van der Waals surface area contributed by atoms with Crippen LogP contribution < -0.4 is 11.1 Å². The van der Waals surface area contributed by atoms with Crippen LogP contribution in [0.3, 0.4) is 0 Å². The first-order valence-electron chi connectivity index (χ1n) is 5.23. The van der Waals surface area contributed by atoms with Crippen LogP contribution in [0.2, 0.25) is 0 Å². The van der Waals surface area contributed by atoms with Gasteiger partial charge in [-0.05, 0) is 19.4 Å². The second kappa shape index (κ2) is 4.37. The Hall–Kier alpha value is -1.80. The Labute approximate surface area is 94.2 Å². The van der Waals surface area contributed by atoms with Crippen molar-refractivity contribution in [2.24, 2.45) is 0 Å². The molecule has 0 radical (unpaired) electrons. The van der Waals surface area contributed by atoms with E-state index in [-0.39, 0.29) is 6.10 Å². The highest BCUT2D eigenvalue weighted by Crippen LogP contribution is 2.23. The van der Waals surface area contributed by atoms with Crippen LogP contribution in [-0.2, 0) is 4.74 Å². The number of ether oxygens (including phenoxy) is 1. The molecule has 0 bridgehead atoms. The summed E-state index contributed by atoms with van der Waals surface area (Å²) in [4.78, 5) is 4.13. The van der Waals surface area contributed by atoms with Crippen LogP contribution in [0.4, 0.5) is 11.4 Å². The molecule has 1 aromatic heterocycles. The first-order chi connectivity index (χ1) is 7.70. The Kier molecular flexibility index (Phi) is 2.93. The molecule has 1 saturated heterocycles. The van der Waals surface area contributed by atoms with Crippen molar-refractivity contribution in [3.63, 3.8) is 0 Å². The maximum atomic E-state index is 8.73. The second-order valence-corrected chi connectivity index (χ2v) is 3.83. The van der Waals surface area contributed by atoms with E-state index in [1.807, 2.05) is 13.0 Å². The van der Waals surface area contributed by atoms with E-state index in [2.05, 4.69) is 10.3 Å². The van der Waals surface area contributed by atoms with Gasteiger partial charge in [-0.2, -0.15) is 5.26 Å². The summed E-state index contributed by atoms with van der Waals surface area (Å²) in [7, 11) is 0. The van der Waals surface area contributed by atoms with Crippen molar-refractivity contribution in [2.45, 2.75) is 19.4 Å². The zero-order chi connectivity index (χ0) is 11.5. The standard InChI is InChI=1S/C11H14N4O/c1-7-11(14-6-9-2-3-16-9)10(13)4-8(5-12)15-7/h4,9,14H,2-3,6H2,1H3,(H2,13,15)/t9-/m0/s1. The van der Waals surface area contributed by atoms with E-state index in [1.165, 1.54) is 0 Å². The van der Waals surface area contributed by atoms with Gasteiger partial charge in [-0.15, -0.1) is 0 Å². The van der Waals surface area contributed by atoms with E-state index in [4.69, 9.17) is 15.7 Å². The predicted molar refractivity (Wildman–Crippen MR) is 60.9 cm³/mol. The highest BCUT2D eigenvalue weighted by molar-refractivity contribution is 5.69. The highest BCUT2D eigenvalue weighted by Gasteiger charge is 2.18. The third kappa shape index (κ3) is 2.07. The summed E-state index contributed by atoms with van der Waals surface area (Å²) in [6.45, 7) is 3.41. The van der Waals surface area contributed by atoms with Gasteiger partial charge in [0.15, 0.2) is 0 Å². The molecule has 0 amide bonds. The number of nitrogens with two attached hydrogens (primary N) is 1. The van der Waals surface area contributed by atoms with Crippen LogP contribution in [0.5, 0.6) is 0 Å². The molecule has 0 aliphatic carbocycles. The van der Waals surface area contributed by atoms with Crippen LogP contribution in [0.25, 0.3) is 0 Å². The molecule has 1 atom stereocenters. The molecule has 1 aromatic rings. The Morgan fingerprint density at radius 1 is 1.75 bits per heavy atom. The van der Waals surface area contributed by atoms with Crippen LogP contribution in [0.1, 0.15) is 17.8 Å². The quantitative estimate of drug-likeness (QED) is 0.792. The summed E-state index contributed by atoms with van der Waals surface area (Å²) in [6, 6.07) is 3.56. The number of nitriles is 1. The van der Waals surface area contributed by atoms with Crippen molar-refractivity contribution in [3.05, 3.63) is 17.5 Å². The Balaban J connectivity index is 2.10. The number of aryl methyl sites for hydroxylation is 1. The minimum Gasteiger partial charge on any atom is -0.397 e. The molecular formula is C11H14N4O. The zero-order valence-corrected chi connectivity index (χ0v) is 9.16. The van der Waals surface area contributed by atoms with Crippen LogP contribution >= 0.6 is 0 Å². The van der Waals surface area contributed by atoms with Crippen molar-refractivity contribution in [3.8, 4) is 6.07 Å². The number of nitrogens with one attached hydrogen (secondary N) is 1. The van der Waals surface area contributed by atoms with Gasteiger partial charge < -0.3 is 15.8 Å². The molecule has 0 aromatic carbocycles. The molecule has 5 nitrogen and oxygen atoms in total. The van der Waals surface area contributed by atoms with Gasteiger partial charge in [0.25, 0.3) is 0 Å². The number of aromatic nitrogens is 1. The monoisotopic (exact) mass is 218 g/mol. The highest BCUT2D eigenvalue weighted by atomic mass is 16.5. The molecule has 2 heterocycles. The Morgan fingerprint density at radius 2 is 2.50 bits per heavy atom. The molecule has 5 heteroatoms. The predicted octanol–water partition coefficient (Wildman–Crippen LogP) is 1.04. The lowest BCUT2D eigenvalue weighted by molar-refractivity contribution is -0.0410. The molecular weight excluding hydrogens is 204 g/mol. The number of pyridine rings is 1. The normalized spacial score (nSPS) is 18.6. The van der Waals surface area contributed by atoms with E-state index in [0.717, 1.165) is 31.0 Å². The summed E-state index contributed by atoms with van der Waals surface area (Å²) in [5.74, 6) is 0. The Morgan fingerprint density at radius 3 is 3.00 bits per heavy atom. The molecule has 0 spiro atoms. The van der Waals surface area contributed by atoms with Gasteiger partial charge >= 0.3 is 0 Å². The van der Waals surface area contributed by atoms with Crippen molar-refractivity contribution in [2.75, 3.05) is 24.2 Å². The first-order valence-corrected chi connectivity index (χ1v) is 5.23.